The molecule has 4 heteroatoms. The number of hydrogen-bond acceptors (Lipinski definition) is 1. The van der Waals surface area contributed by atoms with Gasteiger partial charge in [0.15, 0.2) is 0 Å². The summed E-state index contributed by atoms with van der Waals surface area (Å²) in [7, 11) is -1.17. The minimum absolute atomic E-state index is 0. The Hall–Kier alpha value is 0.440. The van der Waals surface area contributed by atoms with Crippen molar-refractivity contribution < 1.29 is 28.7 Å². The van der Waals surface area contributed by atoms with Crippen LogP contribution >= 0.6 is 0 Å². The van der Waals surface area contributed by atoms with Gasteiger partial charge in [-0.25, -0.2) is 0 Å². The fourth-order valence-corrected chi connectivity index (χ4v) is 0. The first-order valence-corrected chi connectivity index (χ1v) is 1.28. The zero-order valence-electron chi connectivity index (χ0n) is 1.71. The molecule has 25 valence electrons. The topological polar surface area (TPSA) is 37.3 Å². The quantitative estimate of drug-likeness (QED) is 0.461. The molecule has 0 rings (SSSR count). The summed E-state index contributed by atoms with van der Waals surface area (Å²) in [4.78, 5) is 7.04. The molecule has 0 aromatic carbocycles. The van der Waals surface area contributed by atoms with Crippen LogP contribution in [0.15, 0.2) is 0 Å². The monoisotopic (exact) mass is 163 g/mol. The van der Waals surface area contributed by atoms with Gasteiger partial charge in [0.2, 0.25) is 0 Å². The van der Waals surface area contributed by atoms with Crippen molar-refractivity contribution in [3.8, 4) is 0 Å². The molecule has 0 unspecified atom stereocenters. The number of rotatable bonds is 0. The van der Waals surface area contributed by atoms with Gasteiger partial charge >= 0.3 is 9.65 Å². The molecule has 0 atom stereocenters. The van der Waals surface area contributed by atoms with Crippen molar-refractivity contribution in [2.75, 3.05) is 0 Å². The van der Waals surface area contributed by atoms with Gasteiger partial charge in [-0.05, 0) is 0 Å². The van der Waals surface area contributed by atoms with E-state index >= 15 is 0 Å². The summed E-state index contributed by atoms with van der Waals surface area (Å²) in [6.45, 7) is 0. The van der Waals surface area contributed by atoms with Crippen LogP contribution in [0.4, 0.5) is 0 Å². The molecule has 0 saturated heterocycles. The van der Waals surface area contributed by atoms with E-state index in [2.05, 4.69) is 0 Å². The Morgan fingerprint density at radius 1 is 1.75 bits per heavy atom. The van der Waals surface area contributed by atoms with Crippen LogP contribution < -0.4 is 0 Å². The van der Waals surface area contributed by atoms with Crippen molar-refractivity contribution >= 4 is 9.65 Å². The molecule has 1 N–H and O–H groups in total. The first-order chi connectivity index (χ1) is 1.41. The molecule has 0 heterocycles. The first kappa shape index (κ1) is 8.83. The molecule has 0 saturated carbocycles. The van der Waals surface area contributed by atoms with Crippen LogP contribution in [0.3, 0.4) is 0 Å². The molecule has 4 heavy (non-hydrogen) atoms. The second kappa shape index (κ2) is 9.88. The zero-order valence-corrected chi connectivity index (χ0v) is 4.45. The molecule has 0 aromatic rings. The summed E-state index contributed by atoms with van der Waals surface area (Å²) in [6, 6.07) is 0. The Kier molecular flexibility index (Phi) is 21.8. The van der Waals surface area contributed by atoms with Crippen LogP contribution in [0, 0.1) is 0 Å². The summed E-state index contributed by atoms with van der Waals surface area (Å²) in [5.74, 6) is 0. The van der Waals surface area contributed by atoms with E-state index in [-0.39, 0.29) is 19.5 Å². The van der Waals surface area contributed by atoms with Crippen LogP contribution in [-0.2, 0) is 23.9 Å². The Morgan fingerprint density at radius 2 is 1.75 bits per heavy atom. The van der Waals surface area contributed by atoms with E-state index in [1.165, 1.54) is 0 Å². The minimum Gasteiger partial charge on any atom is -0.536 e. The van der Waals surface area contributed by atoms with E-state index in [1.54, 1.807) is 0 Å². The normalized spacial score (nSPS) is 3.00. The van der Waals surface area contributed by atoms with E-state index in [0.29, 0.717) is 0 Å². The molecule has 0 bridgehead atoms. The SMILES string of the molecule is O=[Si]O.[Ru]. The second-order valence-electron chi connectivity index (χ2n) is 0.0913. The van der Waals surface area contributed by atoms with Gasteiger partial charge in [0.1, 0.15) is 0 Å². The van der Waals surface area contributed by atoms with E-state index < -0.39 is 9.65 Å². The van der Waals surface area contributed by atoms with Gasteiger partial charge in [-0.2, -0.15) is 0 Å². The number of hydrogen-bond donors (Lipinski definition) is 1. The molecule has 0 spiro atoms. The predicted octanol–water partition coefficient (Wildman–Crippen LogP) is -1.06. The molecule has 0 aliphatic rings. The van der Waals surface area contributed by atoms with Gasteiger partial charge in [0.25, 0.3) is 0 Å². The molecule has 0 aromatic heterocycles. The summed E-state index contributed by atoms with van der Waals surface area (Å²) in [5.41, 5.74) is 0. The summed E-state index contributed by atoms with van der Waals surface area (Å²) < 4.78 is 8.51. The Balaban J connectivity index is 0. The standard InChI is InChI=1S/HO2Si.Ru/c1-3-2;/h1H;. The maximum Gasteiger partial charge on any atom is 0.591 e. The Bertz CT molecular complexity index is 13.5. The van der Waals surface area contributed by atoms with Crippen LogP contribution in [-0.4, -0.2) is 14.4 Å². The van der Waals surface area contributed by atoms with Crippen molar-refractivity contribution in [2.45, 2.75) is 0 Å². The van der Waals surface area contributed by atoms with Crippen molar-refractivity contribution in [2.24, 2.45) is 0 Å². The maximum absolute atomic E-state index is 8.51. The van der Waals surface area contributed by atoms with Gasteiger partial charge in [-0.3, -0.25) is 0 Å². The second-order valence-corrected chi connectivity index (χ2v) is 0.274. The van der Waals surface area contributed by atoms with E-state index in [1.807, 2.05) is 0 Å². The molecule has 1 radical (unpaired) electrons. The van der Waals surface area contributed by atoms with Crippen LogP contribution in [0.2, 0.25) is 0 Å². The molecule has 2 nitrogen and oxygen atoms in total. The Morgan fingerprint density at radius 3 is 1.75 bits per heavy atom. The van der Waals surface area contributed by atoms with E-state index in [4.69, 9.17) is 9.26 Å². The van der Waals surface area contributed by atoms with Crippen molar-refractivity contribution in [3.63, 3.8) is 0 Å². The average molecular weight is 162 g/mol. The van der Waals surface area contributed by atoms with Crippen molar-refractivity contribution in [3.05, 3.63) is 0 Å². The molecular weight excluding hydrogens is 161 g/mol. The largest absolute Gasteiger partial charge is 0.591 e. The third kappa shape index (κ3) is 26.1. The summed E-state index contributed by atoms with van der Waals surface area (Å²) >= 11 is 0. The fourth-order valence-electron chi connectivity index (χ4n) is 0. The Labute approximate surface area is 39.0 Å². The summed E-state index contributed by atoms with van der Waals surface area (Å²) in [6.07, 6.45) is 0. The molecule has 0 aliphatic carbocycles. The first-order valence-electron chi connectivity index (χ1n) is 0.428. The van der Waals surface area contributed by atoms with Gasteiger partial charge in [-0.15, -0.1) is 0 Å². The van der Waals surface area contributed by atoms with Gasteiger partial charge in [0, 0.05) is 19.5 Å². The van der Waals surface area contributed by atoms with Crippen LogP contribution in [0.1, 0.15) is 0 Å². The van der Waals surface area contributed by atoms with Gasteiger partial charge in [-0.1, -0.05) is 0 Å². The van der Waals surface area contributed by atoms with Crippen molar-refractivity contribution in [1.29, 1.82) is 0 Å². The molecular formula is HO2RuSi. The minimum atomic E-state index is -1.17. The zero-order chi connectivity index (χ0) is 2.71. The van der Waals surface area contributed by atoms with Crippen LogP contribution in [0.25, 0.3) is 0 Å². The summed E-state index contributed by atoms with van der Waals surface area (Å²) in [5, 5.41) is 0. The van der Waals surface area contributed by atoms with Gasteiger partial charge in [0.05, 0.1) is 0 Å². The third-order valence-electron chi connectivity index (χ3n) is 0. The van der Waals surface area contributed by atoms with E-state index in [0.717, 1.165) is 0 Å². The van der Waals surface area contributed by atoms with Crippen LogP contribution in [0.5, 0.6) is 0 Å². The fraction of sp³-hybridized carbons (Fsp3) is 0. The van der Waals surface area contributed by atoms with E-state index in [9.17, 15) is 0 Å². The smallest absolute Gasteiger partial charge is 0.536 e. The third-order valence-corrected chi connectivity index (χ3v) is 0. The molecule has 0 amide bonds. The predicted molar refractivity (Wildman–Crippen MR) is 8.66 cm³/mol. The van der Waals surface area contributed by atoms with Crippen molar-refractivity contribution in [1.82, 2.24) is 0 Å². The molecule has 0 fully saturated rings. The average Bonchev–Trinajstić information content (AvgIpc) is 0.918. The maximum atomic E-state index is 8.51. The van der Waals surface area contributed by atoms with Gasteiger partial charge < -0.3 is 9.26 Å². The molecule has 0 aliphatic heterocycles.